The summed E-state index contributed by atoms with van der Waals surface area (Å²) in [6.45, 7) is 5.98. The summed E-state index contributed by atoms with van der Waals surface area (Å²) in [5, 5.41) is 0. The minimum Gasteiger partial charge on any atom is -0.360 e. The Kier molecular flexibility index (Phi) is 4.53. The Labute approximate surface area is 139 Å². The first-order valence-electron chi connectivity index (χ1n) is 7.42. The van der Waals surface area contributed by atoms with Crippen LogP contribution in [0.2, 0.25) is 0 Å². The maximum Gasteiger partial charge on any atom is 0.156 e. The van der Waals surface area contributed by atoms with Gasteiger partial charge < -0.3 is 9.97 Å². The summed E-state index contributed by atoms with van der Waals surface area (Å²) in [7, 11) is 0. The summed E-state index contributed by atoms with van der Waals surface area (Å²) in [5.74, 6) is 0. The molecule has 0 unspecified atom stereocenters. The molecule has 1 aliphatic heterocycles. The molecule has 116 valence electrons. The third-order valence-electron chi connectivity index (χ3n) is 3.72. The Morgan fingerprint density at radius 1 is 1.35 bits per heavy atom. The van der Waals surface area contributed by atoms with Crippen molar-refractivity contribution in [1.29, 1.82) is 0 Å². The van der Waals surface area contributed by atoms with Crippen LogP contribution >= 0.6 is 11.8 Å². The number of aldehydes is 1. The van der Waals surface area contributed by atoms with E-state index in [1.807, 2.05) is 30.5 Å². The van der Waals surface area contributed by atoms with Crippen LogP contribution in [-0.4, -0.2) is 16.3 Å². The van der Waals surface area contributed by atoms with Crippen molar-refractivity contribution in [3.8, 4) is 11.4 Å². The third-order valence-corrected chi connectivity index (χ3v) is 4.85. The van der Waals surface area contributed by atoms with Gasteiger partial charge in [0.1, 0.15) is 0 Å². The highest BCUT2D eigenvalue weighted by atomic mass is 32.2. The largest absolute Gasteiger partial charge is 0.360 e. The van der Waals surface area contributed by atoms with Gasteiger partial charge in [0, 0.05) is 21.7 Å². The first kappa shape index (κ1) is 15.4. The van der Waals surface area contributed by atoms with Gasteiger partial charge in [0.15, 0.2) is 6.29 Å². The van der Waals surface area contributed by atoms with E-state index in [0.29, 0.717) is 0 Å². The number of aromatic amines is 2. The summed E-state index contributed by atoms with van der Waals surface area (Å²) >= 11 is 1.49. The standard InChI is InChI=1S/C19H18N2OS/c1-3-14(19-8-4-6-16(12-22)23-19)10-15-11-18(21-13(15)2)17-7-5-9-20-17/h3,5-12,20-21H,1,4H2,2H3/b14-10+. The van der Waals surface area contributed by atoms with Gasteiger partial charge in [0.05, 0.1) is 11.4 Å². The monoisotopic (exact) mass is 322 g/mol. The van der Waals surface area contributed by atoms with Crippen LogP contribution < -0.4 is 0 Å². The fourth-order valence-corrected chi connectivity index (χ4v) is 3.43. The molecule has 0 bridgehead atoms. The first-order valence-corrected chi connectivity index (χ1v) is 8.24. The van der Waals surface area contributed by atoms with Crippen LogP contribution in [0.3, 0.4) is 0 Å². The number of thioether (sulfide) groups is 1. The maximum absolute atomic E-state index is 11.0. The number of allylic oxidation sites excluding steroid dienone is 5. The Morgan fingerprint density at radius 2 is 2.22 bits per heavy atom. The molecule has 0 aliphatic carbocycles. The average molecular weight is 322 g/mol. The van der Waals surface area contributed by atoms with E-state index in [1.54, 1.807) is 0 Å². The molecule has 3 nitrogen and oxygen atoms in total. The third kappa shape index (κ3) is 3.32. The van der Waals surface area contributed by atoms with Gasteiger partial charge in [0.25, 0.3) is 0 Å². The zero-order valence-corrected chi connectivity index (χ0v) is 13.7. The van der Waals surface area contributed by atoms with Crippen molar-refractivity contribution in [2.75, 3.05) is 0 Å². The van der Waals surface area contributed by atoms with Crippen LogP contribution in [0.1, 0.15) is 17.7 Å². The zero-order chi connectivity index (χ0) is 16.2. The predicted molar refractivity (Wildman–Crippen MR) is 97.9 cm³/mol. The highest BCUT2D eigenvalue weighted by Gasteiger charge is 2.12. The highest BCUT2D eigenvalue weighted by molar-refractivity contribution is 8.07. The molecule has 0 fully saturated rings. The average Bonchev–Trinajstić information content (AvgIpc) is 3.22. The highest BCUT2D eigenvalue weighted by Crippen LogP contribution is 2.36. The quantitative estimate of drug-likeness (QED) is 0.602. The molecule has 0 atom stereocenters. The molecule has 2 aromatic rings. The van der Waals surface area contributed by atoms with Gasteiger partial charge in [0.2, 0.25) is 0 Å². The molecule has 0 aromatic carbocycles. The van der Waals surface area contributed by atoms with E-state index in [9.17, 15) is 4.79 Å². The van der Waals surface area contributed by atoms with Crippen LogP contribution in [0.15, 0.2) is 64.6 Å². The van der Waals surface area contributed by atoms with Crippen LogP contribution in [0.5, 0.6) is 0 Å². The number of aryl methyl sites for hydroxylation is 1. The van der Waals surface area contributed by atoms with Gasteiger partial charge in [-0.2, -0.15) is 0 Å². The Bertz CT molecular complexity index is 820. The lowest BCUT2D eigenvalue weighted by Gasteiger charge is -2.12. The SMILES string of the molecule is C=C/C(=C\c1cc(-c2ccc[nH]2)[nH]c1C)C1=CCC=C(C=O)S1. The van der Waals surface area contributed by atoms with E-state index < -0.39 is 0 Å². The number of aromatic nitrogens is 2. The summed E-state index contributed by atoms with van der Waals surface area (Å²) in [6.07, 6.45) is 11.6. The number of carbonyl (C=O) groups is 1. The normalized spacial score (nSPS) is 15.1. The molecule has 0 saturated heterocycles. The molecule has 23 heavy (non-hydrogen) atoms. The van der Waals surface area contributed by atoms with Crippen LogP contribution in [0, 0.1) is 6.92 Å². The van der Waals surface area contributed by atoms with Crippen molar-refractivity contribution in [2.45, 2.75) is 13.3 Å². The maximum atomic E-state index is 11.0. The molecule has 1 aliphatic rings. The fourth-order valence-electron chi connectivity index (χ4n) is 2.51. The molecule has 0 amide bonds. The Morgan fingerprint density at radius 3 is 2.91 bits per heavy atom. The summed E-state index contributed by atoms with van der Waals surface area (Å²) in [6, 6.07) is 6.13. The Hall–Kier alpha value is -2.46. The van der Waals surface area contributed by atoms with Crippen molar-refractivity contribution in [1.82, 2.24) is 9.97 Å². The molecule has 3 heterocycles. The second-order valence-corrected chi connectivity index (χ2v) is 6.40. The molecule has 3 rings (SSSR count). The van der Waals surface area contributed by atoms with Crippen LogP contribution in [0.4, 0.5) is 0 Å². The topological polar surface area (TPSA) is 48.6 Å². The van der Waals surface area contributed by atoms with Crippen molar-refractivity contribution >= 4 is 24.1 Å². The molecule has 0 spiro atoms. The van der Waals surface area contributed by atoms with Gasteiger partial charge >= 0.3 is 0 Å². The first-order chi connectivity index (χ1) is 11.2. The zero-order valence-electron chi connectivity index (χ0n) is 12.9. The predicted octanol–water partition coefficient (Wildman–Crippen LogP) is 4.99. The van der Waals surface area contributed by atoms with Crippen molar-refractivity contribution < 1.29 is 4.79 Å². The summed E-state index contributed by atoms with van der Waals surface area (Å²) in [4.78, 5) is 19.4. The number of H-pyrrole nitrogens is 2. The second-order valence-electron chi connectivity index (χ2n) is 5.28. The van der Waals surface area contributed by atoms with Crippen LogP contribution in [0.25, 0.3) is 17.5 Å². The van der Waals surface area contributed by atoms with E-state index in [2.05, 4.69) is 41.7 Å². The number of carbonyl (C=O) groups excluding carboxylic acids is 1. The van der Waals surface area contributed by atoms with Gasteiger partial charge in [-0.25, -0.2) is 0 Å². The molecule has 4 heteroatoms. The lowest BCUT2D eigenvalue weighted by atomic mass is 10.1. The molecular weight excluding hydrogens is 304 g/mol. The summed E-state index contributed by atoms with van der Waals surface area (Å²) < 4.78 is 0. The second kappa shape index (κ2) is 6.75. The van der Waals surface area contributed by atoms with E-state index in [1.165, 1.54) is 11.8 Å². The molecule has 2 aromatic heterocycles. The minimum atomic E-state index is 0.758. The van der Waals surface area contributed by atoms with E-state index >= 15 is 0 Å². The minimum absolute atomic E-state index is 0.758. The van der Waals surface area contributed by atoms with E-state index in [-0.39, 0.29) is 0 Å². The van der Waals surface area contributed by atoms with E-state index in [0.717, 1.165) is 50.7 Å². The lowest BCUT2D eigenvalue weighted by Crippen LogP contribution is -1.91. The van der Waals surface area contributed by atoms with Crippen molar-refractivity contribution in [3.63, 3.8) is 0 Å². The van der Waals surface area contributed by atoms with Crippen molar-refractivity contribution in [3.05, 3.63) is 75.8 Å². The van der Waals surface area contributed by atoms with Gasteiger partial charge in [-0.3, -0.25) is 4.79 Å². The number of nitrogens with one attached hydrogen (secondary N) is 2. The lowest BCUT2D eigenvalue weighted by molar-refractivity contribution is -0.104. The smallest absolute Gasteiger partial charge is 0.156 e. The van der Waals surface area contributed by atoms with Crippen molar-refractivity contribution in [2.24, 2.45) is 0 Å². The van der Waals surface area contributed by atoms with Crippen LogP contribution in [-0.2, 0) is 4.79 Å². The van der Waals surface area contributed by atoms with Gasteiger partial charge in [-0.05, 0) is 48.8 Å². The molecular formula is C19H18N2OS. The van der Waals surface area contributed by atoms with Gasteiger partial charge in [-0.15, -0.1) is 0 Å². The number of hydrogen-bond acceptors (Lipinski definition) is 2. The molecule has 0 radical (unpaired) electrons. The van der Waals surface area contributed by atoms with E-state index in [4.69, 9.17) is 0 Å². The summed E-state index contributed by atoms with van der Waals surface area (Å²) in [5.41, 5.74) is 5.36. The fraction of sp³-hybridized carbons (Fsp3) is 0.105. The van der Waals surface area contributed by atoms with Gasteiger partial charge in [-0.1, -0.05) is 36.6 Å². The Balaban J connectivity index is 1.92. The molecule has 0 saturated carbocycles. The number of rotatable bonds is 5. The number of hydrogen-bond donors (Lipinski definition) is 2. The molecule has 2 N–H and O–H groups in total.